The highest BCUT2D eigenvalue weighted by Crippen LogP contribution is 2.24. The Labute approximate surface area is 145 Å². The van der Waals surface area contributed by atoms with Gasteiger partial charge >= 0.3 is 0 Å². The molecule has 1 aliphatic heterocycles. The van der Waals surface area contributed by atoms with Crippen LogP contribution < -0.4 is 0 Å². The molecule has 0 aliphatic carbocycles. The monoisotopic (exact) mass is 345 g/mol. The Kier molecular flexibility index (Phi) is 5.83. The van der Waals surface area contributed by atoms with E-state index in [-0.39, 0.29) is 5.82 Å². The first-order chi connectivity index (χ1) is 11.8. The summed E-state index contributed by atoms with van der Waals surface area (Å²) in [7, 11) is 0. The Hall–Kier alpha value is -1.91. The number of rotatable bonds is 6. The van der Waals surface area contributed by atoms with Crippen LogP contribution in [0.5, 0.6) is 0 Å². The van der Waals surface area contributed by atoms with Crippen LogP contribution in [0.1, 0.15) is 31.5 Å². The third kappa shape index (κ3) is 4.13. The molecule has 24 heavy (non-hydrogen) atoms. The van der Waals surface area contributed by atoms with Crippen LogP contribution >= 0.6 is 11.8 Å². The van der Waals surface area contributed by atoms with E-state index >= 15 is 0 Å². The summed E-state index contributed by atoms with van der Waals surface area (Å²) in [6, 6.07) is 8.52. The average molecular weight is 345 g/mol. The highest BCUT2D eigenvalue weighted by molar-refractivity contribution is 7.99. The Bertz CT molecular complexity index is 701. The standard InChI is InChI=1S/C17H20FN5S/c18-14-5-7-15(8-6-14)23-16(13-22-10-2-1-3-11-22)20-21-17(23)24-12-4-9-19/h5-8H,1-4,10-13H2. The molecule has 1 fully saturated rings. The van der Waals surface area contributed by atoms with Crippen molar-refractivity contribution in [3.63, 3.8) is 0 Å². The van der Waals surface area contributed by atoms with E-state index in [1.807, 2.05) is 4.57 Å². The average Bonchev–Trinajstić information content (AvgIpc) is 2.99. The quantitative estimate of drug-likeness (QED) is 0.593. The van der Waals surface area contributed by atoms with Gasteiger partial charge in [0.15, 0.2) is 11.0 Å². The largest absolute Gasteiger partial charge is 0.296 e. The summed E-state index contributed by atoms with van der Waals surface area (Å²) in [5.41, 5.74) is 0.855. The molecule has 0 N–H and O–H groups in total. The van der Waals surface area contributed by atoms with Gasteiger partial charge in [-0.25, -0.2) is 4.39 Å². The van der Waals surface area contributed by atoms with Crippen LogP contribution in [0.25, 0.3) is 5.69 Å². The second-order valence-electron chi connectivity index (χ2n) is 5.80. The van der Waals surface area contributed by atoms with Gasteiger partial charge in [-0.15, -0.1) is 10.2 Å². The highest BCUT2D eigenvalue weighted by atomic mass is 32.2. The normalized spacial score (nSPS) is 15.3. The Morgan fingerprint density at radius 3 is 2.58 bits per heavy atom. The van der Waals surface area contributed by atoms with Crippen molar-refractivity contribution in [2.45, 2.75) is 37.4 Å². The fourth-order valence-corrected chi connectivity index (χ4v) is 3.67. The maximum absolute atomic E-state index is 13.3. The Balaban J connectivity index is 1.86. The molecular formula is C17H20FN5S. The second-order valence-corrected chi connectivity index (χ2v) is 6.87. The first kappa shape index (κ1) is 16.9. The summed E-state index contributed by atoms with van der Waals surface area (Å²) >= 11 is 1.51. The lowest BCUT2D eigenvalue weighted by Crippen LogP contribution is -2.30. The van der Waals surface area contributed by atoms with Crippen LogP contribution in [0.2, 0.25) is 0 Å². The van der Waals surface area contributed by atoms with E-state index in [1.165, 1.54) is 43.2 Å². The summed E-state index contributed by atoms with van der Waals surface area (Å²) in [5, 5.41) is 18.1. The lowest BCUT2D eigenvalue weighted by atomic mass is 10.1. The van der Waals surface area contributed by atoms with Gasteiger partial charge in [-0.1, -0.05) is 18.2 Å². The van der Waals surface area contributed by atoms with Crippen molar-refractivity contribution in [3.8, 4) is 11.8 Å². The predicted octanol–water partition coefficient (Wildman–Crippen LogP) is 3.40. The van der Waals surface area contributed by atoms with Crippen molar-refractivity contribution in [3.05, 3.63) is 35.9 Å². The van der Waals surface area contributed by atoms with Crippen molar-refractivity contribution in [2.24, 2.45) is 0 Å². The van der Waals surface area contributed by atoms with Crippen LogP contribution in [0.4, 0.5) is 4.39 Å². The highest BCUT2D eigenvalue weighted by Gasteiger charge is 2.18. The molecule has 0 bridgehead atoms. The lowest BCUT2D eigenvalue weighted by molar-refractivity contribution is 0.214. The molecule has 2 aromatic rings. The number of likely N-dealkylation sites (tertiary alicyclic amines) is 1. The molecule has 0 saturated carbocycles. The molecule has 0 amide bonds. The van der Waals surface area contributed by atoms with E-state index in [0.717, 1.165) is 36.3 Å². The van der Waals surface area contributed by atoms with Crippen LogP contribution in [-0.2, 0) is 6.54 Å². The molecule has 0 atom stereocenters. The van der Waals surface area contributed by atoms with Gasteiger partial charge in [0.2, 0.25) is 0 Å². The van der Waals surface area contributed by atoms with Gasteiger partial charge in [-0.05, 0) is 50.2 Å². The van der Waals surface area contributed by atoms with Gasteiger partial charge in [0.1, 0.15) is 5.82 Å². The first-order valence-corrected chi connectivity index (χ1v) is 9.19. The summed E-state index contributed by atoms with van der Waals surface area (Å²) in [6.45, 7) is 2.89. The van der Waals surface area contributed by atoms with Crippen molar-refractivity contribution in [2.75, 3.05) is 18.8 Å². The number of hydrogen-bond donors (Lipinski definition) is 0. The zero-order valence-corrected chi connectivity index (χ0v) is 14.3. The maximum atomic E-state index is 13.3. The van der Waals surface area contributed by atoms with Gasteiger partial charge in [0.05, 0.1) is 12.6 Å². The zero-order valence-electron chi connectivity index (χ0n) is 13.5. The predicted molar refractivity (Wildman–Crippen MR) is 91.4 cm³/mol. The summed E-state index contributed by atoms with van der Waals surface area (Å²) in [6.07, 6.45) is 4.18. The molecule has 126 valence electrons. The second kappa shape index (κ2) is 8.27. The number of nitriles is 1. The van der Waals surface area contributed by atoms with E-state index in [4.69, 9.17) is 5.26 Å². The minimum atomic E-state index is -0.261. The van der Waals surface area contributed by atoms with Crippen LogP contribution in [0, 0.1) is 17.1 Å². The van der Waals surface area contributed by atoms with Crippen LogP contribution in [0.15, 0.2) is 29.4 Å². The fraction of sp³-hybridized carbons (Fsp3) is 0.471. The lowest BCUT2D eigenvalue weighted by Gasteiger charge is -2.26. The maximum Gasteiger partial charge on any atom is 0.195 e. The minimum Gasteiger partial charge on any atom is -0.296 e. The molecule has 1 aromatic heterocycles. The summed E-state index contributed by atoms with van der Waals surface area (Å²) in [5.74, 6) is 1.27. The number of nitrogens with zero attached hydrogens (tertiary/aromatic N) is 5. The van der Waals surface area contributed by atoms with Crippen molar-refractivity contribution in [1.82, 2.24) is 19.7 Å². The van der Waals surface area contributed by atoms with Gasteiger partial charge in [0, 0.05) is 17.9 Å². The number of aromatic nitrogens is 3. The third-order valence-corrected chi connectivity index (χ3v) is 4.97. The number of benzene rings is 1. The topological polar surface area (TPSA) is 57.7 Å². The van der Waals surface area contributed by atoms with Crippen molar-refractivity contribution < 1.29 is 4.39 Å². The Morgan fingerprint density at radius 1 is 1.12 bits per heavy atom. The van der Waals surface area contributed by atoms with E-state index in [2.05, 4.69) is 21.2 Å². The van der Waals surface area contributed by atoms with Gasteiger partial charge in [-0.3, -0.25) is 9.47 Å². The smallest absolute Gasteiger partial charge is 0.195 e. The van der Waals surface area contributed by atoms with E-state index in [9.17, 15) is 4.39 Å². The number of piperidine rings is 1. The number of halogens is 1. The molecular weight excluding hydrogens is 325 g/mol. The van der Waals surface area contributed by atoms with Crippen LogP contribution in [0.3, 0.4) is 0 Å². The number of thioether (sulfide) groups is 1. The first-order valence-electron chi connectivity index (χ1n) is 8.20. The van der Waals surface area contributed by atoms with Gasteiger partial charge in [0.25, 0.3) is 0 Å². The summed E-state index contributed by atoms with van der Waals surface area (Å²) < 4.78 is 15.2. The van der Waals surface area contributed by atoms with E-state index in [1.54, 1.807) is 12.1 Å². The molecule has 3 rings (SSSR count). The minimum absolute atomic E-state index is 0.261. The number of hydrogen-bond acceptors (Lipinski definition) is 5. The van der Waals surface area contributed by atoms with Gasteiger partial charge in [-0.2, -0.15) is 5.26 Å². The molecule has 5 nitrogen and oxygen atoms in total. The molecule has 1 aromatic carbocycles. The third-order valence-electron chi connectivity index (χ3n) is 4.04. The SMILES string of the molecule is N#CCCSc1nnc(CN2CCCCC2)n1-c1ccc(F)cc1. The molecule has 1 aliphatic rings. The fourth-order valence-electron chi connectivity index (χ4n) is 2.85. The molecule has 7 heteroatoms. The zero-order chi connectivity index (χ0) is 16.8. The molecule has 0 spiro atoms. The van der Waals surface area contributed by atoms with Crippen LogP contribution in [-0.4, -0.2) is 38.5 Å². The van der Waals surface area contributed by atoms with Crippen molar-refractivity contribution >= 4 is 11.8 Å². The van der Waals surface area contributed by atoms with Crippen molar-refractivity contribution in [1.29, 1.82) is 5.26 Å². The molecule has 0 unspecified atom stereocenters. The Morgan fingerprint density at radius 2 is 1.88 bits per heavy atom. The summed E-state index contributed by atoms with van der Waals surface area (Å²) in [4.78, 5) is 2.39. The molecule has 2 heterocycles. The molecule has 0 radical (unpaired) electrons. The van der Waals surface area contributed by atoms with E-state index < -0.39 is 0 Å². The van der Waals surface area contributed by atoms with E-state index in [0.29, 0.717) is 12.2 Å². The molecule has 1 saturated heterocycles. The van der Waals surface area contributed by atoms with Gasteiger partial charge < -0.3 is 0 Å².